The molecule has 0 aromatic rings. The maximum absolute atomic E-state index is 5.28. The second kappa shape index (κ2) is 7.29. The van der Waals surface area contributed by atoms with Crippen molar-refractivity contribution in [3.8, 4) is 0 Å². The minimum atomic E-state index is 0. The highest BCUT2D eigenvalue weighted by Crippen LogP contribution is 2.34. The summed E-state index contributed by atoms with van der Waals surface area (Å²) >= 11 is 0. The van der Waals surface area contributed by atoms with Gasteiger partial charge in [0.15, 0.2) is 5.96 Å². The Morgan fingerprint density at radius 1 is 1.20 bits per heavy atom. The lowest BCUT2D eigenvalue weighted by Crippen LogP contribution is -2.52. The van der Waals surface area contributed by atoms with Gasteiger partial charge in [0.2, 0.25) is 0 Å². The second-order valence-corrected chi connectivity index (χ2v) is 7.31. The van der Waals surface area contributed by atoms with Gasteiger partial charge in [0.25, 0.3) is 0 Å². The summed E-state index contributed by atoms with van der Waals surface area (Å²) in [5.74, 6) is 0.942. The molecular formula is C15H30IN3O. The molecule has 0 unspecified atom stereocenters. The number of nitrogens with zero attached hydrogens (tertiary/aromatic N) is 1. The van der Waals surface area contributed by atoms with Crippen LogP contribution < -0.4 is 10.6 Å². The third-order valence-electron chi connectivity index (χ3n) is 4.49. The van der Waals surface area contributed by atoms with Gasteiger partial charge in [-0.15, -0.1) is 24.0 Å². The summed E-state index contributed by atoms with van der Waals surface area (Å²) in [5, 5.41) is 7.00. The molecule has 0 spiro atoms. The molecular weight excluding hydrogens is 365 g/mol. The molecule has 4 nitrogen and oxygen atoms in total. The van der Waals surface area contributed by atoms with Crippen LogP contribution in [0.5, 0.6) is 0 Å². The Kier molecular flexibility index (Phi) is 6.57. The first-order chi connectivity index (χ1) is 8.92. The van der Waals surface area contributed by atoms with Crippen molar-refractivity contribution in [3.63, 3.8) is 0 Å². The number of halogens is 1. The lowest BCUT2D eigenvalue weighted by Gasteiger charge is -2.39. The first-order valence-electron chi connectivity index (χ1n) is 7.47. The molecule has 0 atom stereocenters. The first-order valence-corrected chi connectivity index (χ1v) is 7.47. The maximum Gasteiger partial charge on any atom is 0.191 e. The summed E-state index contributed by atoms with van der Waals surface area (Å²) < 4.78 is 5.28. The van der Waals surface area contributed by atoms with E-state index in [1.54, 1.807) is 0 Å². The quantitative estimate of drug-likeness (QED) is 0.439. The van der Waals surface area contributed by atoms with Crippen LogP contribution in [-0.4, -0.2) is 38.8 Å². The predicted octanol–water partition coefficient (Wildman–Crippen LogP) is 2.77. The van der Waals surface area contributed by atoms with Crippen LogP contribution in [0.15, 0.2) is 4.99 Å². The average molecular weight is 395 g/mol. The third-order valence-corrected chi connectivity index (χ3v) is 4.49. The fraction of sp³-hybridized carbons (Fsp3) is 0.933. The van der Waals surface area contributed by atoms with Gasteiger partial charge in [0.1, 0.15) is 0 Å². The topological polar surface area (TPSA) is 45.7 Å². The lowest BCUT2D eigenvalue weighted by molar-refractivity contribution is -0.0971. The number of rotatable bonds is 3. The van der Waals surface area contributed by atoms with E-state index in [9.17, 15) is 0 Å². The zero-order valence-electron chi connectivity index (χ0n) is 13.3. The van der Waals surface area contributed by atoms with Crippen molar-refractivity contribution in [2.45, 2.75) is 52.5 Å². The van der Waals surface area contributed by atoms with E-state index in [0.717, 1.165) is 25.7 Å². The summed E-state index contributed by atoms with van der Waals surface area (Å²) in [6.07, 6.45) is 5.09. The first kappa shape index (κ1) is 18.0. The van der Waals surface area contributed by atoms with Crippen LogP contribution in [0, 0.1) is 10.8 Å². The predicted molar refractivity (Wildman–Crippen MR) is 94.9 cm³/mol. The second-order valence-electron chi connectivity index (χ2n) is 7.31. The van der Waals surface area contributed by atoms with Crippen LogP contribution in [0.25, 0.3) is 0 Å². The summed E-state index contributed by atoms with van der Waals surface area (Å²) in [4.78, 5) is 4.33. The molecule has 118 valence electrons. The molecule has 1 aliphatic carbocycles. The fourth-order valence-electron chi connectivity index (χ4n) is 2.78. The molecule has 20 heavy (non-hydrogen) atoms. The molecule has 0 aromatic carbocycles. The molecule has 2 aliphatic rings. The zero-order valence-corrected chi connectivity index (χ0v) is 15.6. The molecule has 2 rings (SSSR count). The van der Waals surface area contributed by atoms with Crippen molar-refractivity contribution >= 4 is 29.9 Å². The summed E-state index contributed by atoms with van der Waals surface area (Å²) in [7, 11) is 1.85. The van der Waals surface area contributed by atoms with E-state index in [2.05, 4.69) is 36.4 Å². The number of ether oxygens (including phenoxy) is 1. The van der Waals surface area contributed by atoms with Crippen LogP contribution in [0.3, 0.4) is 0 Å². The van der Waals surface area contributed by atoms with E-state index in [0.29, 0.717) is 11.5 Å². The van der Waals surface area contributed by atoms with Gasteiger partial charge in [-0.3, -0.25) is 4.99 Å². The Labute approximate surface area is 140 Å². The number of guanidine groups is 1. The minimum Gasteiger partial charge on any atom is -0.380 e. The minimum absolute atomic E-state index is 0. The van der Waals surface area contributed by atoms with Gasteiger partial charge in [0, 0.05) is 25.0 Å². The van der Waals surface area contributed by atoms with E-state index in [1.165, 1.54) is 25.7 Å². The Balaban J connectivity index is 0.00000200. The average Bonchev–Trinajstić information content (AvgIpc) is 2.34. The third kappa shape index (κ3) is 5.06. The van der Waals surface area contributed by atoms with Crippen molar-refractivity contribution in [2.75, 3.05) is 26.8 Å². The Hall–Kier alpha value is -0.0400. The monoisotopic (exact) mass is 395 g/mol. The summed E-state index contributed by atoms with van der Waals surface area (Å²) in [6, 6.07) is 0.574. The Morgan fingerprint density at radius 2 is 1.80 bits per heavy atom. The van der Waals surface area contributed by atoms with Gasteiger partial charge in [-0.1, -0.05) is 20.8 Å². The number of hydrogen-bond donors (Lipinski definition) is 2. The standard InChI is InChI=1S/C15H29N3O.HI/c1-14(2)7-5-12(6-8-14)18-13(16-4)17-9-15(3)10-19-11-15;/h12H,5-11H2,1-4H3,(H2,16,17,18);1H. The molecule has 0 radical (unpaired) electrons. The molecule has 2 N–H and O–H groups in total. The van der Waals surface area contributed by atoms with E-state index >= 15 is 0 Å². The van der Waals surface area contributed by atoms with Crippen LogP contribution >= 0.6 is 24.0 Å². The van der Waals surface area contributed by atoms with Gasteiger partial charge < -0.3 is 15.4 Å². The van der Waals surface area contributed by atoms with Crippen LogP contribution in [0.2, 0.25) is 0 Å². The maximum atomic E-state index is 5.28. The summed E-state index contributed by atoms with van der Waals surface area (Å²) in [6.45, 7) is 9.63. The number of hydrogen-bond acceptors (Lipinski definition) is 2. The van der Waals surface area contributed by atoms with Gasteiger partial charge in [-0.2, -0.15) is 0 Å². The lowest BCUT2D eigenvalue weighted by atomic mass is 9.75. The van der Waals surface area contributed by atoms with Crippen molar-refractivity contribution < 1.29 is 4.74 Å². The molecule has 5 heteroatoms. The highest BCUT2D eigenvalue weighted by molar-refractivity contribution is 14.0. The van der Waals surface area contributed by atoms with Crippen molar-refractivity contribution in [2.24, 2.45) is 15.8 Å². The van der Waals surface area contributed by atoms with Crippen LogP contribution in [0.1, 0.15) is 46.5 Å². The normalized spacial score (nSPS) is 25.3. The molecule has 1 aliphatic heterocycles. The van der Waals surface area contributed by atoms with Crippen molar-refractivity contribution in [3.05, 3.63) is 0 Å². The van der Waals surface area contributed by atoms with Crippen LogP contribution in [0.4, 0.5) is 0 Å². The SMILES string of the molecule is CN=C(NCC1(C)COC1)NC1CCC(C)(C)CC1.I. The van der Waals surface area contributed by atoms with Crippen molar-refractivity contribution in [1.82, 2.24) is 10.6 Å². The van der Waals surface area contributed by atoms with E-state index in [4.69, 9.17) is 4.74 Å². The fourth-order valence-corrected chi connectivity index (χ4v) is 2.78. The molecule has 1 saturated carbocycles. The highest BCUT2D eigenvalue weighted by atomic mass is 127. The van der Waals surface area contributed by atoms with Crippen LogP contribution in [-0.2, 0) is 4.74 Å². The summed E-state index contributed by atoms with van der Waals surface area (Å²) in [5.41, 5.74) is 0.804. The molecule has 0 bridgehead atoms. The van der Waals surface area contributed by atoms with E-state index in [-0.39, 0.29) is 29.4 Å². The van der Waals surface area contributed by atoms with Gasteiger partial charge in [-0.05, 0) is 31.1 Å². The van der Waals surface area contributed by atoms with Gasteiger partial charge in [0.05, 0.1) is 13.2 Å². The van der Waals surface area contributed by atoms with Gasteiger partial charge in [-0.25, -0.2) is 0 Å². The molecule has 1 heterocycles. The zero-order chi connectivity index (χ0) is 13.9. The Morgan fingerprint density at radius 3 is 2.25 bits per heavy atom. The smallest absolute Gasteiger partial charge is 0.191 e. The van der Waals surface area contributed by atoms with E-state index < -0.39 is 0 Å². The molecule has 0 amide bonds. The molecule has 0 aromatic heterocycles. The number of nitrogens with one attached hydrogen (secondary N) is 2. The largest absolute Gasteiger partial charge is 0.380 e. The van der Waals surface area contributed by atoms with E-state index in [1.807, 2.05) is 7.05 Å². The molecule has 1 saturated heterocycles. The van der Waals surface area contributed by atoms with Gasteiger partial charge >= 0.3 is 0 Å². The van der Waals surface area contributed by atoms with Crippen molar-refractivity contribution in [1.29, 1.82) is 0 Å². The number of aliphatic imine (C=N–C) groups is 1. The Bertz CT molecular complexity index is 330. The molecule has 2 fully saturated rings. The highest BCUT2D eigenvalue weighted by Gasteiger charge is 2.33.